The molecular weight excluding hydrogens is 160 g/mol. The minimum atomic E-state index is 0.258. The molecule has 64 valence electrons. The van der Waals surface area contributed by atoms with Crippen LogP contribution in [0.2, 0.25) is 0 Å². The molecule has 2 atom stereocenters. The second-order valence-electron chi connectivity index (χ2n) is 2.74. The molecule has 0 radical (unpaired) electrons. The lowest BCUT2D eigenvalue weighted by atomic mass is 10.3. The molecule has 1 rings (SSSR count). The number of amidine groups is 1. The van der Waals surface area contributed by atoms with Crippen molar-refractivity contribution in [2.24, 2.45) is 5.73 Å². The highest BCUT2D eigenvalue weighted by atomic mass is 32.2. The van der Waals surface area contributed by atoms with Crippen molar-refractivity contribution in [3.8, 4) is 0 Å². The molecule has 0 aromatic heterocycles. The summed E-state index contributed by atoms with van der Waals surface area (Å²) in [5.41, 5.74) is 5.24. The van der Waals surface area contributed by atoms with Gasteiger partial charge in [-0.3, -0.25) is 5.41 Å². The van der Waals surface area contributed by atoms with Crippen LogP contribution >= 0.6 is 11.8 Å². The quantitative estimate of drug-likeness (QED) is 0.492. The summed E-state index contributed by atoms with van der Waals surface area (Å²) < 4.78 is 5.37. The van der Waals surface area contributed by atoms with Gasteiger partial charge in [0.2, 0.25) is 0 Å². The van der Waals surface area contributed by atoms with Gasteiger partial charge in [0.25, 0.3) is 0 Å². The Balaban J connectivity index is 2.20. The lowest BCUT2D eigenvalue weighted by Crippen LogP contribution is -2.19. The summed E-state index contributed by atoms with van der Waals surface area (Å²) in [6, 6.07) is 0. The summed E-state index contributed by atoms with van der Waals surface area (Å²) in [5, 5.41) is 7.58. The van der Waals surface area contributed by atoms with Gasteiger partial charge < -0.3 is 10.5 Å². The highest BCUT2D eigenvalue weighted by Crippen LogP contribution is 2.25. The molecule has 1 aliphatic rings. The zero-order chi connectivity index (χ0) is 8.27. The van der Waals surface area contributed by atoms with Gasteiger partial charge in [-0.2, -0.15) is 0 Å². The Morgan fingerprint density at radius 1 is 1.82 bits per heavy atom. The molecule has 2 unspecified atom stereocenters. The van der Waals surface area contributed by atoms with Crippen molar-refractivity contribution in [1.29, 1.82) is 5.41 Å². The number of ether oxygens (including phenoxy) is 1. The second kappa shape index (κ2) is 3.97. The Morgan fingerprint density at radius 2 is 2.55 bits per heavy atom. The van der Waals surface area contributed by atoms with E-state index >= 15 is 0 Å². The van der Waals surface area contributed by atoms with E-state index < -0.39 is 0 Å². The Hall–Kier alpha value is -0.220. The Morgan fingerprint density at radius 3 is 3.00 bits per heavy atom. The molecule has 3 N–H and O–H groups in total. The summed E-state index contributed by atoms with van der Waals surface area (Å²) in [6.07, 6.45) is 1.43. The van der Waals surface area contributed by atoms with Gasteiger partial charge >= 0.3 is 0 Å². The molecule has 0 aromatic carbocycles. The fraction of sp³-hybridized carbons (Fsp3) is 0.857. The third-order valence-corrected chi connectivity index (χ3v) is 3.28. The average molecular weight is 174 g/mol. The Kier molecular flexibility index (Phi) is 3.20. The van der Waals surface area contributed by atoms with Crippen molar-refractivity contribution in [2.45, 2.75) is 24.7 Å². The molecular formula is C7H14N2OS. The van der Waals surface area contributed by atoms with E-state index in [1.807, 2.05) is 0 Å². The number of rotatable bonds is 3. The van der Waals surface area contributed by atoms with Gasteiger partial charge in [0, 0.05) is 11.9 Å². The van der Waals surface area contributed by atoms with E-state index in [-0.39, 0.29) is 5.84 Å². The SMILES string of the molecule is CC1OCCC1SCC(=N)N. The monoisotopic (exact) mass is 174 g/mol. The fourth-order valence-corrected chi connectivity index (χ4v) is 2.13. The molecule has 1 heterocycles. The predicted octanol–water partition coefficient (Wildman–Crippen LogP) is 0.833. The van der Waals surface area contributed by atoms with Crippen LogP contribution in [0.3, 0.4) is 0 Å². The topological polar surface area (TPSA) is 59.1 Å². The summed E-state index contributed by atoms with van der Waals surface area (Å²) in [5.74, 6) is 0.896. The molecule has 11 heavy (non-hydrogen) atoms. The van der Waals surface area contributed by atoms with E-state index in [0.29, 0.717) is 17.1 Å². The van der Waals surface area contributed by atoms with E-state index in [0.717, 1.165) is 13.0 Å². The van der Waals surface area contributed by atoms with E-state index in [1.54, 1.807) is 11.8 Å². The third-order valence-electron chi connectivity index (χ3n) is 1.76. The van der Waals surface area contributed by atoms with E-state index in [1.165, 1.54) is 0 Å². The van der Waals surface area contributed by atoms with Crippen LogP contribution in [-0.2, 0) is 4.74 Å². The van der Waals surface area contributed by atoms with Crippen LogP contribution in [-0.4, -0.2) is 29.5 Å². The molecule has 3 nitrogen and oxygen atoms in total. The molecule has 0 bridgehead atoms. The highest BCUT2D eigenvalue weighted by molar-refractivity contribution is 8.00. The molecule has 0 aromatic rings. The molecule has 4 heteroatoms. The minimum absolute atomic E-state index is 0.258. The standard InChI is InChI=1S/C7H14N2OS/c1-5-6(2-3-10-5)11-4-7(8)9/h5-6H,2-4H2,1H3,(H3,8,9). The minimum Gasteiger partial charge on any atom is -0.387 e. The van der Waals surface area contributed by atoms with Gasteiger partial charge in [-0.15, -0.1) is 11.8 Å². The molecule has 1 saturated heterocycles. The van der Waals surface area contributed by atoms with Gasteiger partial charge in [0.1, 0.15) is 5.84 Å². The van der Waals surface area contributed by atoms with Crippen molar-refractivity contribution >= 4 is 17.6 Å². The van der Waals surface area contributed by atoms with Gasteiger partial charge in [0.05, 0.1) is 11.9 Å². The first-order valence-electron chi connectivity index (χ1n) is 3.76. The maximum absolute atomic E-state index is 7.04. The first-order valence-corrected chi connectivity index (χ1v) is 4.81. The van der Waals surface area contributed by atoms with Gasteiger partial charge in [-0.25, -0.2) is 0 Å². The van der Waals surface area contributed by atoms with Crippen LogP contribution in [0, 0.1) is 5.41 Å². The Labute approximate surface area is 71.2 Å². The Bertz CT molecular complexity index is 151. The van der Waals surface area contributed by atoms with Crippen LogP contribution < -0.4 is 5.73 Å². The van der Waals surface area contributed by atoms with Crippen LogP contribution in [0.15, 0.2) is 0 Å². The van der Waals surface area contributed by atoms with Crippen molar-refractivity contribution in [1.82, 2.24) is 0 Å². The lowest BCUT2D eigenvalue weighted by Gasteiger charge is -2.12. The molecule has 0 aliphatic carbocycles. The summed E-state index contributed by atoms with van der Waals surface area (Å²) in [7, 11) is 0. The number of thioether (sulfide) groups is 1. The van der Waals surface area contributed by atoms with Crippen LogP contribution in [0.4, 0.5) is 0 Å². The predicted molar refractivity (Wildman–Crippen MR) is 48.2 cm³/mol. The van der Waals surface area contributed by atoms with E-state index in [9.17, 15) is 0 Å². The van der Waals surface area contributed by atoms with Crippen LogP contribution in [0.5, 0.6) is 0 Å². The zero-order valence-electron chi connectivity index (χ0n) is 6.67. The first kappa shape index (κ1) is 8.87. The summed E-state index contributed by atoms with van der Waals surface area (Å²) >= 11 is 1.73. The van der Waals surface area contributed by atoms with Crippen LogP contribution in [0.1, 0.15) is 13.3 Å². The molecule has 0 amide bonds. The molecule has 0 spiro atoms. The molecule has 1 fully saturated rings. The van der Waals surface area contributed by atoms with Crippen molar-refractivity contribution in [3.05, 3.63) is 0 Å². The average Bonchev–Trinajstić information content (AvgIpc) is 2.31. The number of nitrogens with one attached hydrogen (secondary N) is 1. The van der Waals surface area contributed by atoms with Crippen molar-refractivity contribution in [2.75, 3.05) is 12.4 Å². The summed E-state index contributed by atoms with van der Waals surface area (Å²) in [6.45, 7) is 2.93. The maximum atomic E-state index is 7.04. The summed E-state index contributed by atoms with van der Waals surface area (Å²) in [4.78, 5) is 0. The lowest BCUT2D eigenvalue weighted by molar-refractivity contribution is 0.127. The maximum Gasteiger partial charge on any atom is 0.101 e. The van der Waals surface area contributed by atoms with Crippen LogP contribution in [0.25, 0.3) is 0 Å². The van der Waals surface area contributed by atoms with Gasteiger partial charge in [-0.1, -0.05) is 0 Å². The van der Waals surface area contributed by atoms with Gasteiger partial charge in [-0.05, 0) is 13.3 Å². The van der Waals surface area contributed by atoms with Crippen molar-refractivity contribution in [3.63, 3.8) is 0 Å². The fourth-order valence-electron chi connectivity index (χ4n) is 1.13. The normalized spacial score (nSPS) is 30.6. The second-order valence-corrected chi connectivity index (χ2v) is 3.97. The van der Waals surface area contributed by atoms with E-state index in [4.69, 9.17) is 15.9 Å². The smallest absolute Gasteiger partial charge is 0.101 e. The largest absolute Gasteiger partial charge is 0.387 e. The van der Waals surface area contributed by atoms with Gasteiger partial charge in [0.15, 0.2) is 0 Å². The first-order chi connectivity index (χ1) is 5.20. The zero-order valence-corrected chi connectivity index (χ0v) is 7.49. The highest BCUT2D eigenvalue weighted by Gasteiger charge is 2.24. The van der Waals surface area contributed by atoms with Crippen molar-refractivity contribution < 1.29 is 4.74 Å². The molecule has 1 aliphatic heterocycles. The third kappa shape index (κ3) is 2.71. The molecule has 0 saturated carbocycles. The number of nitrogens with two attached hydrogens (primary N) is 1. The number of hydrogen-bond acceptors (Lipinski definition) is 3. The number of hydrogen-bond donors (Lipinski definition) is 2. The van der Waals surface area contributed by atoms with E-state index in [2.05, 4.69) is 6.92 Å².